The molecule has 1 aliphatic heterocycles. The number of hydrogen-bond donors (Lipinski definition) is 2. The molecule has 0 radical (unpaired) electrons. The number of nitrogens with one attached hydrogen (secondary N) is 2. The number of rotatable bonds is 2. The van der Waals surface area contributed by atoms with Crippen LogP contribution in [-0.2, 0) is 14.2 Å². The summed E-state index contributed by atoms with van der Waals surface area (Å²) in [6, 6.07) is 0. The summed E-state index contributed by atoms with van der Waals surface area (Å²) in [6.07, 6.45) is 2.19. The lowest BCUT2D eigenvalue weighted by molar-refractivity contribution is -0.119. The first kappa shape index (κ1) is 12.6. The van der Waals surface area contributed by atoms with Gasteiger partial charge in [-0.15, -0.1) is 0 Å². The molecule has 0 aromatic carbocycles. The van der Waals surface area contributed by atoms with E-state index in [0.717, 1.165) is 34.5 Å². The van der Waals surface area contributed by atoms with Crippen LogP contribution in [-0.4, -0.2) is 18.4 Å². The summed E-state index contributed by atoms with van der Waals surface area (Å²) < 4.78 is 23.2. The Balaban J connectivity index is 2.65. The predicted molar refractivity (Wildman–Crippen MR) is 61.2 cm³/mol. The minimum atomic E-state index is -4.12. The van der Waals surface area contributed by atoms with E-state index < -0.39 is 11.2 Å². The molecule has 0 saturated carbocycles. The highest BCUT2D eigenvalue weighted by Crippen LogP contribution is 2.51. The molecule has 1 aliphatic rings. The first-order valence-electron chi connectivity index (χ1n) is 4.19. The highest BCUT2D eigenvalue weighted by Gasteiger charge is 2.20. The molecule has 0 aliphatic carbocycles. The van der Waals surface area contributed by atoms with Crippen LogP contribution in [0.2, 0.25) is 0 Å². The molecule has 0 spiro atoms. The SMILES string of the molecule is O=C(/C=C1\CCCNC1=O)NP(=O)(F)I. The normalized spacial score (nSPS) is 23.1. The summed E-state index contributed by atoms with van der Waals surface area (Å²) in [4.78, 5) is 22.3. The van der Waals surface area contributed by atoms with Crippen molar-refractivity contribution >= 4 is 39.1 Å². The number of carbonyl (C=O) groups is 2. The highest BCUT2D eigenvalue weighted by molar-refractivity contribution is 14.2. The topological polar surface area (TPSA) is 75.3 Å². The van der Waals surface area contributed by atoms with Crippen LogP contribution in [0.5, 0.6) is 0 Å². The molecule has 1 atom stereocenters. The van der Waals surface area contributed by atoms with Gasteiger partial charge in [-0.25, -0.2) is 0 Å². The standard InChI is InChI=1S/C7H9FIN2O3P/c8-15(9,14)11-6(12)4-5-2-1-3-10-7(5)13/h4H,1-3H2,(H,10,13)(H,11,12,14)/b5-4+. The minimum Gasteiger partial charge on any atom is -0.352 e. The molecular weight excluding hydrogens is 337 g/mol. The van der Waals surface area contributed by atoms with Gasteiger partial charge in [-0.3, -0.25) is 19.2 Å². The number of piperidine rings is 1. The smallest absolute Gasteiger partial charge is 0.352 e. The fraction of sp³-hybridized carbons (Fsp3) is 0.429. The molecule has 0 bridgehead atoms. The molecule has 8 heteroatoms. The Morgan fingerprint density at radius 1 is 1.67 bits per heavy atom. The van der Waals surface area contributed by atoms with Gasteiger partial charge in [0.2, 0.25) is 5.91 Å². The van der Waals surface area contributed by atoms with Crippen molar-refractivity contribution in [1.82, 2.24) is 10.4 Å². The van der Waals surface area contributed by atoms with Gasteiger partial charge >= 0.3 is 5.25 Å². The van der Waals surface area contributed by atoms with Gasteiger partial charge in [0, 0.05) is 18.2 Å². The van der Waals surface area contributed by atoms with Crippen molar-refractivity contribution in [3.63, 3.8) is 0 Å². The maximum atomic E-state index is 12.6. The lowest BCUT2D eigenvalue weighted by Gasteiger charge is -2.14. The van der Waals surface area contributed by atoms with Gasteiger partial charge in [0.1, 0.15) is 0 Å². The monoisotopic (exact) mass is 346 g/mol. The fourth-order valence-corrected chi connectivity index (χ4v) is 2.20. The Morgan fingerprint density at radius 3 is 2.87 bits per heavy atom. The van der Waals surface area contributed by atoms with Crippen LogP contribution in [0.3, 0.4) is 0 Å². The highest BCUT2D eigenvalue weighted by atomic mass is 127. The number of carbonyl (C=O) groups excluding carboxylic acids is 2. The number of hydrogen-bond acceptors (Lipinski definition) is 3. The van der Waals surface area contributed by atoms with Crippen LogP contribution in [0.1, 0.15) is 12.8 Å². The number of amides is 2. The lowest BCUT2D eigenvalue weighted by Crippen LogP contribution is -2.31. The van der Waals surface area contributed by atoms with Crippen molar-refractivity contribution in [3.05, 3.63) is 11.6 Å². The van der Waals surface area contributed by atoms with E-state index in [1.54, 1.807) is 5.09 Å². The van der Waals surface area contributed by atoms with E-state index in [1.807, 2.05) is 0 Å². The van der Waals surface area contributed by atoms with E-state index in [4.69, 9.17) is 0 Å². The predicted octanol–water partition coefficient (Wildman–Crippen LogP) is 1.45. The Hall–Kier alpha value is -0.430. The second-order valence-corrected chi connectivity index (χ2v) is 7.84. The van der Waals surface area contributed by atoms with Gasteiger partial charge in [-0.05, 0) is 12.8 Å². The molecule has 0 aromatic rings. The zero-order chi connectivity index (χ0) is 11.5. The Kier molecular flexibility index (Phi) is 4.27. The molecular formula is C7H9FIN2O3P. The van der Waals surface area contributed by atoms with Gasteiger partial charge in [0.15, 0.2) is 0 Å². The summed E-state index contributed by atoms with van der Waals surface area (Å²) in [6.45, 7) is 0.575. The van der Waals surface area contributed by atoms with Gasteiger partial charge < -0.3 is 5.32 Å². The second-order valence-electron chi connectivity index (χ2n) is 2.97. The molecule has 0 aromatic heterocycles. The van der Waals surface area contributed by atoms with Crippen molar-refractivity contribution < 1.29 is 18.4 Å². The van der Waals surface area contributed by atoms with Gasteiger partial charge in [-0.2, -0.15) is 4.20 Å². The average Bonchev–Trinajstić information content (AvgIpc) is 2.05. The summed E-state index contributed by atoms with van der Waals surface area (Å²) in [5, 5.41) is 0.101. The van der Waals surface area contributed by atoms with E-state index in [0.29, 0.717) is 13.0 Å². The van der Waals surface area contributed by atoms with Gasteiger partial charge in [0.05, 0.1) is 22.0 Å². The quantitative estimate of drug-likeness (QED) is 0.452. The minimum absolute atomic E-state index is 0.281. The molecule has 1 rings (SSSR count). The fourth-order valence-electron chi connectivity index (χ4n) is 1.16. The van der Waals surface area contributed by atoms with E-state index >= 15 is 0 Å². The maximum Gasteiger partial charge on any atom is 0.389 e. The van der Waals surface area contributed by atoms with E-state index in [9.17, 15) is 18.4 Å². The van der Waals surface area contributed by atoms with E-state index in [2.05, 4.69) is 5.32 Å². The molecule has 84 valence electrons. The van der Waals surface area contributed by atoms with E-state index in [-0.39, 0.29) is 11.5 Å². The van der Waals surface area contributed by atoms with Crippen molar-refractivity contribution in [2.45, 2.75) is 12.8 Å². The lowest BCUT2D eigenvalue weighted by atomic mass is 10.1. The summed E-state index contributed by atoms with van der Waals surface area (Å²) in [5.41, 5.74) is 0.281. The van der Waals surface area contributed by atoms with Crippen LogP contribution in [0, 0.1) is 0 Å². The zero-order valence-electron chi connectivity index (χ0n) is 7.63. The summed E-state index contributed by atoms with van der Waals surface area (Å²) >= 11 is 1.02. The maximum absolute atomic E-state index is 12.6. The Labute approximate surface area is 98.9 Å². The molecule has 15 heavy (non-hydrogen) atoms. The van der Waals surface area contributed by atoms with Crippen molar-refractivity contribution in [3.8, 4) is 0 Å². The number of halogens is 2. The van der Waals surface area contributed by atoms with E-state index in [1.165, 1.54) is 0 Å². The summed E-state index contributed by atoms with van der Waals surface area (Å²) in [5.74, 6) is -1.18. The van der Waals surface area contributed by atoms with Crippen LogP contribution in [0.25, 0.3) is 0 Å². The Bertz CT molecular complexity index is 365. The molecule has 1 fully saturated rings. The van der Waals surface area contributed by atoms with Gasteiger partial charge in [-0.1, -0.05) is 0 Å². The first-order valence-corrected chi connectivity index (χ1v) is 8.57. The Morgan fingerprint density at radius 2 is 2.33 bits per heavy atom. The molecule has 5 nitrogen and oxygen atoms in total. The van der Waals surface area contributed by atoms with Gasteiger partial charge in [0.25, 0.3) is 5.91 Å². The average molecular weight is 346 g/mol. The molecule has 2 N–H and O–H groups in total. The largest absolute Gasteiger partial charge is 0.389 e. The molecule has 1 unspecified atom stereocenters. The molecule has 1 heterocycles. The van der Waals surface area contributed by atoms with Crippen molar-refractivity contribution in [2.24, 2.45) is 0 Å². The third-order valence-electron chi connectivity index (χ3n) is 1.75. The van der Waals surface area contributed by atoms with Crippen LogP contribution >= 0.6 is 27.3 Å². The molecule has 2 amide bonds. The van der Waals surface area contributed by atoms with Crippen LogP contribution < -0.4 is 10.4 Å². The third kappa shape index (κ3) is 4.74. The van der Waals surface area contributed by atoms with Crippen LogP contribution in [0.15, 0.2) is 11.6 Å². The summed E-state index contributed by atoms with van der Waals surface area (Å²) in [7, 11) is 0. The van der Waals surface area contributed by atoms with Crippen molar-refractivity contribution in [2.75, 3.05) is 6.54 Å². The van der Waals surface area contributed by atoms with Crippen molar-refractivity contribution in [1.29, 1.82) is 0 Å². The molecule has 1 saturated heterocycles. The zero-order valence-corrected chi connectivity index (χ0v) is 10.7. The van der Waals surface area contributed by atoms with Crippen LogP contribution in [0.4, 0.5) is 4.20 Å². The second kappa shape index (κ2) is 5.07. The third-order valence-corrected chi connectivity index (χ3v) is 2.95. The first-order chi connectivity index (χ1) is 6.88.